The maximum absolute atomic E-state index is 14.1. The van der Waals surface area contributed by atoms with Gasteiger partial charge in [-0.3, -0.25) is 4.72 Å². The molecule has 0 radical (unpaired) electrons. The van der Waals surface area contributed by atoms with E-state index in [2.05, 4.69) is 4.74 Å². The van der Waals surface area contributed by atoms with Crippen molar-refractivity contribution in [1.29, 1.82) is 0 Å². The van der Waals surface area contributed by atoms with Gasteiger partial charge in [-0.05, 0) is 6.92 Å². The first-order valence-corrected chi connectivity index (χ1v) is 8.24. The molecule has 3 N–H and O–H groups in total. The number of hydrogen-bond acceptors (Lipinski definition) is 5. The number of alkyl halides is 2. The summed E-state index contributed by atoms with van der Waals surface area (Å²) < 4.78 is 99.4. The molecule has 144 valence electrons. The van der Waals surface area contributed by atoms with Crippen molar-refractivity contribution in [2.75, 3.05) is 11.8 Å². The number of phenolic OH excluding ortho intramolecular Hbond substituents is 2. The van der Waals surface area contributed by atoms with Crippen molar-refractivity contribution in [3.63, 3.8) is 0 Å². The Morgan fingerprint density at radius 1 is 1.19 bits per heavy atom. The molecular formula is C14H12F5NO5S. The van der Waals surface area contributed by atoms with Crippen LogP contribution in [0.25, 0.3) is 0 Å². The third kappa shape index (κ3) is 3.04. The fraction of sp³-hybridized carbons (Fsp3) is 0.286. The monoisotopic (exact) mass is 401 g/mol. The van der Waals surface area contributed by atoms with Gasteiger partial charge in [-0.2, -0.15) is 0 Å². The van der Waals surface area contributed by atoms with Gasteiger partial charge in [0.15, 0.2) is 40.8 Å². The molecule has 1 aliphatic carbocycles. The maximum Gasteiger partial charge on any atom is 0.264 e. The molecule has 0 fully saturated rings. The van der Waals surface area contributed by atoms with Crippen LogP contribution in [0, 0.1) is 0 Å². The normalized spacial score (nSPS) is 24.0. The van der Waals surface area contributed by atoms with Crippen molar-refractivity contribution >= 4 is 15.7 Å². The molecule has 6 nitrogen and oxygen atoms in total. The van der Waals surface area contributed by atoms with Gasteiger partial charge < -0.3 is 14.9 Å². The van der Waals surface area contributed by atoms with Crippen molar-refractivity contribution in [2.24, 2.45) is 0 Å². The van der Waals surface area contributed by atoms with E-state index < -0.39 is 67.2 Å². The number of methoxy groups -OCH3 is 1. The summed E-state index contributed by atoms with van der Waals surface area (Å²) in [6.07, 6.45) is -3.38. The fourth-order valence-corrected chi connectivity index (χ4v) is 3.52. The lowest BCUT2D eigenvalue weighted by molar-refractivity contribution is 0.0933. The summed E-state index contributed by atoms with van der Waals surface area (Å²) in [4.78, 5) is -1.99. The first-order chi connectivity index (χ1) is 11.8. The van der Waals surface area contributed by atoms with Crippen LogP contribution >= 0.6 is 0 Å². The zero-order chi connectivity index (χ0) is 20.0. The third-order valence-corrected chi connectivity index (χ3v) is 5.02. The van der Waals surface area contributed by atoms with Gasteiger partial charge in [0.2, 0.25) is 5.75 Å². The second-order valence-corrected chi connectivity index (χ2v) is 7.05. The first kappa shape index (κ1) is 19.8. The van der Waals surface area contributed by atoms with Crippen molar-refractivity contribution < 1.29 is 45.3 Å². The Labute approximate surface area is 144 Å². The first-order valence-electron chi connectivity index (χ1n) is 6.76. The van der Waals surface area contributed by atoms with Gasteiger partial charge >= 0.3 is 0 Å². The second-order valence-electron chi connectivity index (χ2n) is 5.40. The molecule has 2 rings (SSSR count). The Balaban J connectivity index is 2.56. The van der Waals surface area contributed by atoms with E-state index in [4.69, 9.17) is 0 Å². The lowest BCUT2D eigenvalue weighted by Crippen LogP contribution is -2.41. The highest BCUT2D eigenvalue weighted by atomic mass is 32.2. The van der Waals surface area contributed by atoms with Crippen LogP contribution in [0.5, 0.6) is 17.2 Å². The van der Waals surface area contributed by atoms with Crippen LogP contribution < -0.4 is 9.46 Å². The molecule has 0 spiro atoms. The van der Waals surface area contributed by atoms with Crippen LogP contribution in [-0.2, 0) is 10.0 Å². The highest BCUT2D eigenvalue weighted by Gasteiger charge is 2.53. The third-order valence-electron chi connectivity index (χ3n) is 3.55. The van der Waals surface area contributed by atoms with Gasteiger partial charge in [0.05, 0.1) is 12.8 Å². The van der Waals surface area contributed by atoms with Gasteiger partial charge in [-0.1, -0.05) is 0 Å². The van der Waals surface area contributed by atoms with Crippen LogP contribution in [0.15, 0.2) is 34.5 Å². The zero-order valence-corrected chi connectivity index (χ0v) is 14.0. The fourth-order valence-electron chi connectivity index (χ4n) is 2.16. The number of allylic oxidation sites excluding steroid dienone is 4. The number of ether oxygens (including phenoxy) is 1. The SMILES string of the molecule is COc1cc(NS(=O)(=O)C2=C(F)C(F)=C(F)C(C)(F)C2F)cc(O)c1O. The Hall–Kier alpha value is -2.50. The minimum atomic E-state index is -5.27. The van der Waals surface area contributed by atoms with Crippen molar-refractivity contribution in [1.82, 2.24) is 0 Å². The minimum Gasteiger partial charge on any atom is -0.504 e. The molecule has 0 bridgehead atoms. The smallest absolute Gasteiger partial charge is 0.264 e. The highest BCUT2D eigenvalue weighted by molar-refractivity contribution is 7.96. The molecule has 0 amide bonds. The summed E-state index contributed by atoms with van der Waals surface area (Å²) in [5, 5.41) is 18.9. The molecule has 12 heteroatoms. The molecule has 2 atom stereocenters. The number of rotatable bonds is 4. The number of anilines is 1. The van der Waals surface area contributed by atoms with Crippen LogP contribution in [0.4, 0.5) is 27.6 Å². The zero-order valence-electron chi connectivity index (χ0n) is 13.1. The van der Waals surface area contributed by atoms with E-state index in [1.54, 1.807) is 4.72 Å². The molecule has 1 aromatic carbocycles. The Bertz CT molecular complexity index is 926. The molecule has 2 unspecified atom stereocenters. The Morgan fingerprint density at radius 2 is 1.77 bits per heavy atom. The molecule has 0 heterocycles. The molecular weight excluding hydrogens is 389 g/mol. The van der Waals surface area contributed by atoms with Crippen molar-refractivity contribution in [3.05, 3.63) is 34.5 Å². The molecule has 0 aromatic heterocycles. The standard InChI is InChI=1S/C14H12F5NO5S/c1-14(19)12(17)9(16)8(15)11(13(14)18)26(23,24)20-5-3-6(21)10(22)7(4-5)25-2/h3-4,13,20-22H,1-2H3. The van der Waals surface area contributed by atoms with E-state index >= 15 is 0 Å². The summed E-state index contributed by atoms with van der Waals surface area (Å²) >= 11 is 0. The lowest BCUT2D eigenvalue weighted by Gasteiger charge is -2.29. The van der Waals surface area contributed by atoms with Crippen LogP contribution in [-0.4, -0.2) is 37.6 Å². The average molecular weight is 401 g/mol. The lowest BCUT2D eigenvalue weighted by atomic mass is 9.95. The van der Waals surface area contributed by atoms with E-state index in [9.17, 15) is 40.6 Å². The number of sulfonamides is 1. The number of aromatic hydroxyl groups is 2. The van der Waals surface area contributed by atoms with E-state index in [1.807, 2.05) is 0 Å². The van der Waals surface area contributed by atoms with Gasteiger partial charge in [0, 0.05) is 12.1 Å². The summed E-state index contributed by atoms with van der Waals surface area (Å²) in [7, 11) is -4.21. The minimum absolute atomic E-state index is 0.212. The highest BCUT2D eigenvalue weighted by Crippen LogP contribution is 2.46. The number of benzene rings is 1. The van der Waals surface area contributed by atoms with E-state index in [-0.39, 0.29) is 6.92 Å². The molecule has 0 aliphatic heterocycles. The predicted octanol–water partition coefficient (Wildman–Crippen LogP) is 3.26. The summed E-state index contributed by atoms with van der Waals surface area (Å²) in [5.41, 5.74) is -4.31. The van der Waals surface area contributed by atoms with E-state index in [1.165, 1.54) is 0 Å². The number of nitrogens with one attached hydrogen (secondary N) is 1. The molecule has 0 saturated heterocycles. The summed E-state index contributed by atoms with van der Waals surface area (Å²) in [6.45, 7) is 0.212. The quantitative estimate of drug-likeness (QED) is 0.409. The van der Waals surface area contributed by atoms with Crippen LogP contribution in [0.2, 0.25) is 0 Å². The van der Waals surface area contributed by atoms with Crippen molar-refractivity contribution in [2.45, 2.75) is 18.8 Å². The van der Waals surface area contributed by atoms with Gasteiger partial charge in [-0.25, -0.2) is 30.4 Å². The largest absolute Gasteiger partial charge is 0.504 e. The van der Waals surface area contributed by atoms with E-state index in [0.717, 1.165) is 13.2 Å². The number of phenols is 2. The summed E-state index contributed by atoms with van der Waals surface area (Å²) in [6, 6.07) is 1.47. The predicted molar refractivity (Wildman–Crippen MR) is 80.7 cm³/mol. The van der Waals surface area contributed by atoms with Crippen LogP contribution in [0.1, 0.15) is 6.92 Å². The number of halogens is 5. The molecule has 26 heavy (non-hydrogen) atoms. The Morgan fingerprint density at radius 3 is 2.31 bits per heavy atom. The molecule has 1 aromatic rings. The maximum atomic E-state index is 14.1. The average Bonchev–Trinajstić information content (AvgIpc) is 2.54. The van der Waals surface area contributed by atoms with Gasteiger partial charge in [-0.15, -0.1) is 0 Å². The molecule has 1 aliphatic rings. The van der Waals surface area contributed by atoms with Gasteiger partial charge in [0.1, 0.15) is 4.91 Å². The topological polar surface area (TPSA) is 95.9 Å². The van der Waals surface area contributed by atoms with Gasteiger partial charge in [0.25, 0.3) is 10.0 Å². The van der Waals surface area contributed by atoms with Crippen molar-refractivity contribution in [3.8, 4) is 17.2 Å². The number of hydrogen-bond donors (Lipinski definition) is 3. The van der Waals surface area contributed by atoms with E-state index in [0.29, 0.717) is 6.07 Å². The molecule has 0 saturated carbocycles. The second kappa shape index (κ2) is 6.34. The Kier molecular flexibility index (Phi) is 4.83. The van der Waals surface area contributed by atoms with Crippen LogP contribution in [0.3, 0.4) is 0 Å². The summed E-state index contributed by atoms with van der Waals surface area (Å²) in [5.74, 6) is -9.34.